The van der Waals surface area contributed by atoms with Gasteiger partial charge in [-0.1, -0.05) is 18.2 Å². The first-order valence-corrected chi connectivity index (χ1v) is 8.88. The van der Waals surface area contributed by atoms with Gasteiger partial charge in [-0.3, -0.25) is 4.79 Å². The molecule has 1 N–H and O–H groups in total. The Hall–Kier alpha value is -2.14. The van der Waals surface area contributed by atoms with Crippen LogP contribution >= 0.6 is 11.3 Å². The Kier molecular flexibility index (Phi) is 3.87. The highest BCUT2D eigenvalue weighted by Gasteiger charge is 2.27. The standard InChI is InChI=1S/C18H19N3OS/c22-18(9-14-10-20-16-4-2-1-3-15(14)16)21(11-13-5-6-13)12-17-19-7-8-23-17/h1-4,7-8,10,13,20H,5-6,9,11-12H2. The molecule has 0 atom stereocenters. The summed E-state index contributed by atoms with van der Waals surface area (Å²) in [6, 6.07) is 8.13. The van der Waals surface area contributed by atoms with Gasteiger partial charge in [0.1, 0.15) is 5.01 Å². The molecule has 2 heterocycles. The highest BCUT2D eigenvalue weighted by molar-refractivity contribution is 7.09. The van der Waals surface area contributed by atoms with Crippen molar-refractivity contribution >= 4 is 28.1 Å². The van der Waals surface area contributed by atoms with Gasteiger partial charge in [0.2, 0.25) is 5.91 Å². The van der Waals surface area contributed by atoms with Crippen LogP contribution in [0.3, 0.4) is 0 Å². The largest absolute Gasteiger partial charge is 0.361 e. The second kappa shape index (κ2) is 6.16. The SMILES string of the molecule is O=C(Cc1c[nH]c2ccccc12)N(Cc1nccs1)CC1CC1. The predicted molar refractivity (Wildman–Crippen MR) is 92.3 cm³/mol. The van der Waals surface area contributed by atoms with E-state index in [0.29, 0.717) is 18.9 Å². The summed E-state index contributed by atoms with van der Waals surface area (Å²) in [5, 5.41) is 4.12. The molecule has 2 aromatic heterocycles. The van der Waals surface area contributed by atoms with Gasteiger partial charge in [-0.25, -0.2) is 4.98 Å². The fraction of sp³-hybridized carbons (Fsp3) is 0.333. The van der Waals surface area contributed by atoms with Crippen molar-refractivity contribution in [3.8, 4) is 0 Å². The van der Waals surface area contributed by atoms with Gasteiger partial charge in [-0.05, 0) is 30.4 Å². The lowest BCUT2D eigenvalue weighted by molar-refractivity contribution is -0.131. The molecular formula is C18H19N3OS. The number of para-hydroxylation sites is 1. The van der Waals surface area contributed by atoms with Gasteiger partial charge in [0.15, 0.2) is 0 Å². The zero-order valence-electron chi connectivity index (χ0n) is 12.9. The van der Waals surface area contributed by atoms with E-state index in [-0.39, 0.29) is 5.91 Å². The third-order valence-corrected chi connectivity index (χ3v) is 5.12. The minimum absolute atomic E-state index is 0.192. The molecule has 0 spiro atoms. The number of H-pyrrole nitrogens is 1. The molecule has 1 aromatic carbocycles. The monoisotopic (exact) mass is 325 g/mol. The van der Waals surface area contributed by atoms with Crippen LogP contribution in [0.2, 0.25) is 0 Å². The lowest BCUT2D eigenvalue weighted by Gasteiger charge is -2.21. The first-order chi connectivity index (χ1) is 11.3. The molecule has 118 valence electrons. The summed E-state index contributed by atoms with van der Waals surface area (Å²) >= 11 is 1.62. The van der Waals surface area contributed by atoms with E-state index in [1.54, 1.807) is 17.5 Å². The molecule has 4 nitrogen and oxygen atoms in total. The third-order valence-electron chi connectivity index (χ3n) is 4.35. The van der Waals surface area contributed by atoms with E-state index in [1.807, 2.05) is 34.7 Å². The topological polar surface area (TPSA) is 49.0 Å². The third kappa shape index (κ3) is 3.29. The summed E-state index contributed by atoms with van der Waals surface area (Å²) in [6.45, 7) is 1.50. The van der Waals surface area contributed by atoms with Crippen LogP contribution in [0.5, 0.6) is 0 Å². The minimum Gasteiger partial charge on any atom is -0.361 e. The number of carbonyl (C=O) groups excluding carboxylic acids is 1. The second-order valence-corrected chi connectivity index (χ2v) is 7.16. The van der Waals surface area contributed by atoms with Gasteiger partial charge >= 0.3 is 0 Å². The maximum absolute atomic E-state index is 12.8. The van der Waals surface area contributed by atoms with Crippen LogP contribution in [-0.2, 0) is 17.8 Å². The second-order valence-electron chi connectivity index (χ2n) is 6.18. The lowest BCUT2D eigenvalue weighted by atomic mass is 10.1. The molecule has 0 bridgehead atoms. The highest BCUT2D eigenvalue weighted by Crippen LogP contribution is 2.30. The van der Waals surface area contributed by atoms with E-state index < -0.39 is 0 Å². The van der Waals surface area contributed by atoms with E-state index in [1.165, 1.54) is 12.8 Å². The van der Waals surface area contributed by atoms with E-state index in [9.17, 15) is 4.79 Å². The highest BCUT2D eigenvalue weighted by atomic mass is 32.1. The number of aromatic amines is 1. The van der Waals surface area contributed by atoms with Crippen LogP contribution in [-0.4, -0.2) is 27.3 Å². The molecule has 0 saturated heterocycles. The summed E-state index contributed by atoms with van der Waals surface area (Å²) in [5.74, 6) is 0.874. The molecule has 1 fully saturated rings. The molecule has 1 saturated carbocycles. The summed E-state index contributed by atoms with van der Waals surface area (Å²) in [4.78, 5) is 22.4. The maximum atomic E-state index is 12.8. The molecule has 0 aliphatic heterocycles. The number of benzene rings is 1. The van der Waals surface area contributed by atoms with Gasteiger partial charge in [-0.15, -0.1) is 11.3 Å². The molecule has 1 aliphatic rings. The van der Waals surface area contributed by atoms with Crippen molar-refractivity contribution in [2.24, 2.45) is 5.92 Å². The van der Waals surface area contributed by atoms with E-state index in [2.05, 4.69) is 16.0 Å². The quantitative estimate of drug-likeness (QED) is 0.753. The average Bonchev–Trinajstić information content (AvgIpc) is 3.07. The molecule has 5 heteroatoms. The fourth-order valence-electron chi connectivity index (χ4n) is 2.91. The average molecular weight is 325 g/mol. The number of aromatic nitrogens is 2. The van der Waals surface area contributed by atoms with Crippen molar-refractivity contribution < 1.29 is 4.79 Å². The number of hydrogen-bond donors (Lipinski definition) is 1. The maximum Gasteiger partial charge on any atom is 0.227 e. The van der Waals surface area contributed by atoms with Crippen molar-refractivity contribution in [2.75, 3.05) is 6.54 Å². The van der Waals surface area contributed by atoms with Crippen LogP contribution in [0.4, 0.5) is 0 Å². The zero-order chi connectivity index (χ0) is 15.6. The number of fused-ring (bicyclic) bond motifs is 1. The normalized spacial score (nSPS) is 14.3. The van der Waals surface area contributed by atoms with Crippen LogP contribution in [0, 0.1) is 5.92 Å². The van der Waals surface area contributed by atoms with Crippen molar-refractivity contribution in [1.29, 1.82) is 0 Å². The van der Waals surface area contributed by atoms with Crippen molar-refractivity contribution in [3.05, 3.63) is 52.6 Å². The lowest BCUT2D eigenvalue weighted by Crippen LogP contribution is -2.33. The molecule has 0 unspecified atom stereocenters. The zero-order valence-corrected chi connectivity index (χ0v) is 13.7. The van der Waals surface area contributed by atoms with Gasteiger partial charge < -0.3 is 9.88 Å². The number of thiazole rings is 1. The Morgan fingerprint density at radius 2 is 2.22 bits per heavy atom. The van der Waals surface area contributed by atoms with E-state index >= 15 is 0 Å². The first kappa shape index (κ1) is 14.5. The number of amides is 1. The van der Waals surface area contributed by atoms with Crippen LogP contribution < -0.4 is 0 Å². The van der Waals surface area contributed by atoms with Gasteiger partial charge in [0, 0.05) is 35.2 Å². The Morgan fingerprint density at radius 3 is 3.00 bits per heavy atom. The number of nitrogens with zero attached hydrogens (tertiary/aromatic N) is 2. The summed E-state index contributed by atoms with van der Waals surface area (Å²) < 4.78 is 0. The van der Waals surface area contributed by atoms with Crippen LogP contribution in [0.15, 0.2) is 42.0 Å². The number of rotatable bonds is 6. The molecule has 1 aliphatic carbocycles. The molecule has 0 radical (unpaired) electrons. The van der Waals surface area contributed by atoms with Crippen molar-refractivity contribution in [3.63, 3.8) is 0 Å². The summed E-state index contributed by atoms with van der Waals surface area (Å²) in [6.07, 6.45) is 6.70. The van der Waals surface area contributed by atoms with Crippen molar-refractivity contribution in [2.45, 2.75) is 25.8 Å². The number of hydrogen-bond acceptors (Lipinski definition) is 3. The van der Waals surface area contributed by atoms with Gasteiger partial charge in [0.05, 0.1) is 13.0 Å². The Balaban J connectivity index is 1.52. The predicted octanol–water partition coefficient (Wildman–Crippen LogP) is 3.61. The molecule has 4 rings (SSSR count). The van der Waals surface area contributed by atoms with Gasteiger partial charge in [0.25, 0.3) is 0 Å². The summed E-state index contributed by atoms with van der Waals surface area (Å²) in [5.41, 5.74) is 2.16. The Morgan fingerprint density at radius 1 is 1.35 bits per heavy atom. The summed E-state index contributed by atoms with van der Waals surface area (Å²) in [7, 11) is 0. The van der Waals surface area contributed by atoms with E-state index in [0.717, 1.165) is 28.0 Å². The first-order valence-electron chi connectivity index (χ1n) is 8.01. The van der Waals surface area contributed by atoms with Gasteiger partial charge in [-0.2, -0.15) is 0 Å². The molecule has 3 aromatic rings. The minimum atomic E-state index is 0.192. The Labute approximate surface area is 139 Å². The van der Waals surface area contributed by atoms with Crippen LogP contribution in [0.1, 0.15) is 23.4 Å². The molecular weight excluding hydrogens is 306 g/mol. The van der Waals surface area contributed by atoms with Crippen LogP contribution in [0.25, 0.3) is 10.9 Å². The fourth-order valence-corrected chi connectivity index (χ4v) is 3.54. The smallest absolute Gasteiger partial charge is 0.227 e. The molecule has 23 heavy (non-hydrogen) atoms. The molecule has 1 amide bonds. The van der Waals surface area contributed by atoms with Crippen molar-refractivity contribution in [1.82, 2.24) is 14.9 Å². The van der Waals surface area contributed by atoms with E-state index in [4.69, 9.17) is 0 Å². The number of nitrogens with one attached hydrogen (secondary N) is 1. The Bertz CT molecular complexity index is 805. The number of carbonyl (C=O) groups is 1.